The third-order valence-electron chi connectivity index (χ3n) is 10.2. The van der Waals surface area contributed by atoms with E-state index in [-0.39, 0.29) is 0 Å². The molecule has 5 nitrogen and oxygen atoms in total. The number of fused-ring (bicyclic) bond motifs is 16. The minimum absolute atomic E-state index is 0.594. The topological polar surface area (TPSA) is 57.0 Å². The van der Waals surface area contributed by atoms with Gasteiger partial charge < -0.3 is 8.83 Å². The van der Waals surface area contributed by atoms with Crippen molar-refractivity contribution in [1.29, 1.82) is 0 Å². The van der Waals surface area contributed by atoms with Crippen LogP contribution in [-0.4, -0.2) is 14.5 Å². The fourth-order valence-electron chi connectivity index (χ4n) is 8.08. The Morgan fingerprint density at radius 1 is 0.500 bits per heavy atom. The smallest absolute Gasteiger partial charge is 0.235 e. The number of para-hydroxylation sites is 4. The molecule has 6 heteroatoms. The third-order valence-corrected chi connectivity index (χ3v) is 11.4. The summed E-state index contributed by atoms with van der Waals surface area (Å²) < 4.78 is 17.9. The summed E-state index contributed by atoms with van der Waals surface area (Å²) in [5.41, 5.74) is 8.11. The van der Waals surface area contributed by atoms with E-state index >= 15 is 0 Å². The van der Waals surface area contributed by atoms with Crippen LogP contribution in [-0.2, 0) is 0 Å². The molecule has 0 aliphatic heterocycles. The Labute approximate surface area is 287 Å². The maximum absolute atomic E-state index is 6.88. The lowest BCUT2D eigenvalue weighted by atomic mass is 10.0. The largest absolute Gasteiger partial charge is 0.456 e. The van der Waals surface area contributed by atoms with Gasteiger partial charge >= 0.3 is 0 Å². The lowest BCUT2D eigenvalue weighted by Gasteiger charge is -2.12. The number of hydrogen-bond donors (Lipinski definition) is 0. The van der Waals surface area contributed by atoms with Crippen LogP contribution in [0.1, 0.15) is 0 Å². The van der Waals surface area contributed by atoms with Gasteiger partial charge in [0.2, 0.25) is 5.95 Å². The molecule has 5 aromatic heterocycles. The van der Waals surface area contributed by atoms with Crippen LogP contribution in [0.3, 0.4) is 0 Å². The Balaban J connectivity index is 1.25. The minimum atomic E-state index is 0.594. The zero-order valence-corrected chi connectivity index (χ0v) is 27.2. The van der Waals surface area contributed by atoms with Crippen molar-refractivity contribution in [2.24, 2.45) is 0 Å². The Hall–Kier alpha value is -6.50. The summed E-state index contributed by atoms with van der Waals surface area (Å²) in [5.74, 6) is 0.594. The second-order valence-electron chi connectivity index (χ2n) is 12.9. The van der Waals surface area contributed by atoms with Crippen molar-refractivity contribution in [2.45, 2.75) is 0 Å². The molecule has 0 aliphatic carbocycles. The van der Waals surface area contributed by atoms with Crippen molar-refractivity contribution in [1.82, 2.24) is 14.5 Å². The summed E-state index contributed by atoms with van der Waals surface area (Å²) in [6, 6.07) is 48.5. The van der Waals surface area contributed by atoms with E-state index in [1.165, 1.54) is 20.2 Å². The molecule has 0 amide bonds. The molecular weight excluding hydrogens is 635 g/mol. The molecule has 0 N–H and O–H groups in total. The summed E-state index contributed by atoms with van der Waals surface area (Å²) in [7, 11) is 0. The van der Waals surface area contributed by atoms with E-state index in [2.05, 4.69) is 108 Å². The van der Waals surface area contributed by atoms with Gasteiger partial charge in [0.25, 0.3) is 0 Å². The Bertz CT molecular complexity index is 3400. The van der Waals surface area contributed by atoms with E-state index in [0.29, 0.717) is 5.95 Å². The van der Waals surface area contributed by atoms with Crippen molar-refractivity contribution < 1.29 is 8.83 Å². The zero-order chi connectivity index (χ0) is 32.5. The molecule has 232 valence electrons. The maximum atomic E-state index is 6.88. The summed E-state index contributed by atoms with van der Waals surface area (Å²) in [5, 5.41) is 10.2. The van der Waals surface area contributed by atoms with Gasteiger partial charge in [-0.2, -0.15) is 0 Å². The molecular formula is C44H23N3O2S. The molecule has 0 radical (unpaired) electrons. The van der Waals surface area contributed by atoms with E-state index in [0.717, 1.165) is 87.8 Å². The van der Waals surface area contributed by atoms with Gasteiger partial charge in [-0.1, -0.05) is 97.1 Å². The number of furan rings is 2. The van der Waals surface area contributed by atoms with Crippen LogP contribution in [0.5, 0.6) is 0 Å². The second kappa shape index (κ2) is 9.56. The fraction of sp³-hybridized carbons (Fsp3) is 0. The van der Waals surface area contributed by atoms with Crippen molar-refractivity contribution in [3.63, 3.8) is 0 Å². The predicted octanol–water partition coefficient (Wildman–Crippen LogP) is 12.6. The average Bonchev–Trinajstić information content (AvgIpc) is 3.92. The summed E-state index contributed by atoms with van der Waals surface area (Å²) in [6.07, 6.45) is 0. The predicted molar refractivity (Wildman–Crippen MR) is 207 cm³/mol. The van der Waals surface area contributed by atoms with Crippen molar-refractivity contribution in [3.05, 3.63) is 140 Å². The minimum Gasteiger partial charge on any atom is -0.456 e. The van der Waals surface area contributed by atoms with Crippen LogP contribution in [0, 0.1) is 0 Å². The van der Waals surface area contributed by atoms with Crippen molar-refractivity contribution >= 4 is 108 Å². The molecule has 12 aromatic rings. The quantitative estimate of drug-likeness (QED) is 0.186. The summed E-state index contributed by atoms with van der Waals surface area (Å²) >= 11 is 1.84. The SMILES string of the molecule is c1ccc2c(-c3ccc4c(c3)oc3ccccc34)nc(-n3c4ccccc4c4c5sc6ccccc6c5c5c6ccccc6oc5c43)nc2c1. The number of nitrogens with zero attached hydrogens (tertiary/aromatic N) is 3. The lowest BCUT2D eigenvalue weighted by molar-refractivity contribution is 0.669. The molecule has 5 heterocycles. The van der Waals surface area contributed by atoms with Crippen LogP contribution in [0.15, 0.2) is 148 Å². The van der Waals surface area contributed by atoms with Crippen LogP contribution in [0.2, 0.25) is 0 Å². The van der Waals surface area contributed by atoms with E-state index in [4.69, 9.17) is 18.8 Å². The van der Waals surface area contributed by atoms with Gasteiger partial charge in [-0.25, -0.2) is 9.97 Å². The Morgan fingerprint density at radius 2 is 1.18 bits per heavy atom. The highest BCUT2D eigenvalue weighted by Gasteiger charge is 2.26. The zero-order valence-electron chi connectivity index (χ0n) is 26.3. The first-order valence-electron chi connectivity index (χ1n) is 16.7. The van der Waals surface area contributed by atoms with Gasteiger partial charge in [0, 0.05) is 63.4 Å². The monoisotopic (exact) mass is 657 g/mol. The maximum Gasteiger partial charge on any atom is 0.235 e. The van der Waals surface area contributed by atoms with Gasteiger partial charge in [0.1, 0.15) is 22.3 Å². The van der Waals surface area contributed by atoms with E-state index in [1.54, 1.807) is 0 Å². The Morgan fingerprint density at radius 3 is 2.06 bits per heavy atom. The highest BCUT2D eigenvalue weighted by molar-refractivity contribution is 7.27. The molecule has 0 aliphatic rings. The summed E-state index contributed by atoms with van der Waals surface area (Å²) in [4.78, 5) is 10.7. The van der Waals surface area contributed by atoms with Crippen LogP contribution in [0.4, 0.5) is 0 Å². The van der Waals surface area contributed by atoms with Crippen LogP contribution < -0.4 is 0 Å². The molecule has 0 unspecified atom stereocenters. The van der Waals surface area contributed by atoms with Crippen molar-refractivity contribution in [3.8, 4) is 17.2 Å². The molecule has 50 heavy (non-hydrogen) atoms. The molecule has 0 saturated heterocycles. The number of benzene rings is 7. The first-order chi connectivity index (χ1) is 24.8. The van der Waals surface area contributed by atoms with Gasteiger partial charge in [-0.15, -0.1) is 11.3 Å². The van der Waals surface area contributed by atoms with Gasteiger partial charge in [-0.05, 0) is 42.5 Å². The Kier molecular flexibility index (Phi) is 5.06. The van der Waals surface area contributed by atoms with Crippen LogP contribution >= 0.6 is 11.3 Å². The number of hydrogen-bond acceptors (Lipinski definition) is 5. The normalized spacial score (nSPS) is 12.4. The van der Waals surface area contributed by atoms with Crippen molar-refractivity contribution in [2.75, 3.05) is 0 Å². The molecule has 12 rings (SSSR count). The van der Waals surface area contributed by atoms with Gasteiger partial charge in [0.05, 0.1) is 16.7 Å². The highest BCUT2D eigenvalue weighted by Crippen LogP contribution is 2.50. The lowest BCUT2D eigenvalue weighted by Crippen LogP contribution is -2.03. The average molecular weight is 658 g/mol. The third kappa shape index (κ3) is 3.40. The molecule has 7 aromatic carbocycles. The standard InChI is InChI=1S/C44H23N3O2S/c1-6-16-31-27(12-1)40(24-21-22-26-25-11-3-8-18-33(25)48-35(26)23-24)46-44(45-31)47-32-17-7-2-13-28(32)39-41(47)42-37(29-14-4-9-19-34(29)49-42)38-30-15-5-10-20-36(30)50-43(38)39/h1-23H. The number of aromatic nitrogens is 3. The molecule has 0 fully saturated rings. The molecule has 0 bridgehead atoms. The second-order valence-corrected chi connectivity index (χ2v) is 13.9. The van der Waals surface area contributed by atoms with E-state index in [9.17, 15) is 0 Å². The first kappa shape index (κ1) is 26.5. The first-order valence-corrected chi connectivity index (χ1v) is 17.5. The van der Waals surface area contributed by atoms with Gasteiger partial charge in [-0.3, -0.25) is 4.57 Å². The molecule has 0 saturated carbocycles. The van der Waals surface area contributed by atoms with Gasteiger partial charge in [0.15, 0.2) is 5.58 Å². The highest BCUT2D eigenvalue weighted by atomic mass is 32.1. The number of rotatable bonds is 2. The van der Waals surface area contributed by atoms with E-state index in [1.807, 2.05) is 47.7 Å². The molecule has 0 atom stereocenters. The molecule has 0 spiro atoms. The fourth-order valence-corrected chi connectivity index (χ4v) is 9.35. The van der Waals surface area contributed by atoms with Crippen LogP contribution in [0.25, 0.3) is 114 Å². The van der Waals surface area contributed by atoms with E-state index < -0.39 is 0 Å². The number of thiophene rings is 1. The summed E-state index contributed by atoms with van der Waals surface area (Å²) in [6.45, 7) is 0.